The van der Waals surface area contributed by atoms with Gasteiger partial charge in [-0.25, -0.2) is 9.18 Å². The first kappa shape index (κ1) is 10.4. The van der Waals surface area contributed by atoms with Gasteiger partial charge in [0, 0.05) is 12.5 Å². The third-order valence-electron chi connectivity index (χ3n) is 2.21. The van der Waals surface area contributed by atoms with E-state index >= 15 is 0 Å². The Morgan fingerprint density at radius 2 is 2.31 bits per heavy atom. The first-order chi connectivity index (χ1) is 6.13. The Kier molecular flexibility index (Phi) is 3.62. The van der Waals surface area contributed by atoms with Crippen LogP contribution < -0.4 is 0 Å². The molecule has 3 unspecified atom stereocenters. The lowest BCUT2D eigenvalue weighted by Crippen LogP contribution is -2.39. The van der Waals surface area contributed by atoms with Gasteiger partial charge in [-0.05, 0) is 12.8 Å². The number of carbonyl (C=O) groups is 1. The molecule has 4 nitrogen and oxygen atoms in total. The summed E-state index contributed by atoms with van der Waals surface area (Å²) in [6, 6.07) is 0. The first-order valence-electron chi connectivity index (χ1n) is 4.25. The van der Waals surface area contributed by atoms with Crippen molar-refractivity contribution in [3.63, 3.8) is 0 Å². The Morgan fingerprint density at radius 3 is 2.77 bits per heavy atom. The monoisotopic (exact) mass is 192 g/mol. The molecular weight excluding hydrogens is 179 g/mol. The normalized spacial score (nSPS) is 28.0. The predicted molar refractivity (Wildman–Crippen MR) is 42.1 cm³/mol. The van der Waals surface area contributed by atoms with Gasteiger partial charge in [-0.2, -0.15) is 0 Å². The molecule has 0 amide bonds. The quantitative estimate of drug-likeness (QED) is 0.670. The molecule has 0 aromatic heterocycles. The smallest absolute Gasteiger partial charge is 0.341 e. The SMILES string of the molecule is O=C(O)C(F)C(O)C1CCCOC1. The largest absolute Gasteiger partial charge is 0.479 e. The molecular formula is C8H13FO4. The highest BCUT2D eigenvalue weighted by atomic mass is 19.1. The summed E-state index contributed by atoms with van der Waals surface area (Å²) >= 11 is 0. The average molecular weight is 192 g/mol. The number of hydrogen-bond acceptors (Lipinski definition) is 3. The van der Waals surface area contributed by atoms with E-state index in [1.54, 1.807) is 0 Å². The van der Waals surface area contributed by atoms with Gasteiger partial charge in [0.1, 0.15) is 6.10 Å². The molecule has 1 aliphatic rings. The summed E-state index contributed by atoms with van der Waals surface area (Å²) in [6.07, 6.45) is -2.28. The molecule has 0 bridgehead atoms. The minimum atomic E-state index is -2.20. The summed E-state index contributed by atoms with van der Waals surface area (Å²) in [5, 5.41) is 17.6. The molecule has 1 heterocycles. The molecule has 5 heteroatoms. The number of aliphatic hydroxyl groups excluding tert-OH is 1. The van der Waals surface area contributed by atoms with Crippen molar-refractivity contribution in [3.8, 4) is 0 Å². The van der Waals surface area contributed by atoms with Gasteiger partial charge in [-0.1, -0.05) is 0 Å². The topological polar surface area (TPSA) is 66.8 Å². The number of aliphatic carboxylic acids is 1. The molecule has 1 saturated heterocycles. The van der Waals surface area contributed by atoms with Gasteiger partial charge in [-0.15, -0.1) is 0 Å². The van der Waals surface area contributed by atoms with E-state index in [2.05, 4.69) is 0 Å². The van der Waals surface area contributed by atoms with Crippen LogP contribution in [0.2, 0.25) is 0 Å². The zero-order valence-electron chi connectivity index (χ0n) is 7.15. The van der Waals surface area contributed by atoms with Crippen LogP contribution in [0.25, 0.3) is 0 Å². The van der Waals surface area contributed by atoms with Crippen molar-refractivity contribution >= 4 is 5.97 Å². The molecule has 3 atom stereocenters. The Bertz CT molecular complexity index is 179. The number of alkyl halides is 1. The van der Waals surface area contributed by atoms with Gasteiger partial charge in [0.2, 0.25) is 6.17 Å². The zero-order chi connectivity index (χ0) is 9.84. The highest BCUT2D eigenvalue weighted by Crippen LogP contribution is 2.20. The predicted octanol–water partition coefficient (Wildman–Crippen LogP) is 0.197. The number of halogens is 1. The number of hydrogen-bond donors (Lipinski definition) is 2. The van der Waals surface area contributed by atoms with E-state index in [0.717, 1.165) is 6.42 Å². The van der Waals surface area contributed by atoms with Gasteiger partial charge in [0.05, 0.1) is 6.61 Å². The molecule has 0 spiro atoms. The molecule has 1 fully saturated rings. The zero-order valence-corrected chi connectivity index (χ0v) is 7.15. The van der Waals surface area contributed by atoms with E-state index in [-0.39, 0.29) is 12.5 Å². The van der Waals surface area contributed by atoms with Crippen LogP contribution in [0, 0.1) is 5.92 Å². The lowest BCUT2D eigenvalue weighted by Gasteiger charge is -2.27. The lowest BCUT2D eigenvalue weighted by atomic mass is 9.93. The van der Waals surface area contributed by atoms with Crippen LogP contribution in [0.15, 0.2) is 0 Å². The second-order valence-corrected chi connectivity index (χ2v) is 3.21. The van der Waals surface area contributed by atoms with Gasteiger partial charge < -0.3 is 14.9 Å². The van der Waals surface area contributed by atoms with Crippen molar-refractivity contribution in [1.29, 1.82) is 0 Å². The van der Waals surface area contributed by atoms with Gasteiger partial charge in [0.25, 0.3) is 0 Å². The van der Waals surface area contributed by atoms with Gasteiger partial charge in [0.15, 0.2) is 0 Å². The molecule has 0 aliphatic carbocycles. The fourth-order valence-electron chi connectivity index (χ4n) is 1.42. The maximum atomic E-state index is 12.8. The number of carboxylic acid groups (broad SMARTS) is 1. The summed E-state index contributed by atoms with van der Waals surface area (Å²) in [6.45, 7) is 0.849. The lowest BCUT2D eigenvalue weighted by molar-refractivity contribution is -0.150. The molecule has 2 N–H and O–H groups in total. The first-order valence-corrected chi connectivity index (χ1v) is 4.25. The van der Waals surface area contributed by atoms with Crippen molar-refractivity contribution in [2.24, 2.45) is 5.92 Å². The molecule has 1 aliphatic heterocycles. The standard InChI is InChI=1S/C8H13FO4/c9-6(8(11)12)7(10)5-2-1-3-13-4-5/h5-7,10H,1-4H2,(H,11,12). The van der Waals surface area contributed by atoms with E-state index < -0.39 is 18.2 Å². The summed E-state index contributed by atoms with van der Waals surface area (Å²) in [5.41, 5.74) is 0. The highest BCUT2D eigenvalue weighted by molar-refractivity contribution is 5.72. The second-order valence-electron chi connectivity index (χ2n) is 3.21. The number of rotatable bonds is 3. The van der Waals surface area contributed by atoms with E-state index in [4.69, 9.17) is 9.84 Å². The third-order valence-corrected chi connectivity index (χ3v) is 2.21. The summed E-state index contributed by atoms with van der Waals surface area (Å²) in [5.74, 6) is -2.00. The maximum absolute atomic E-state index is 12.8. The molecule has 0 radical (unpaired) electrons. The number of ether oxygens (including phenoxy) is 1. The van der Waals surface area contributed by atoms with E-state index in [1.807, 2.05) is 0 Å². The molecule has 1 rings (SSSR count). The van der Waals surface area contributed by atoms with Crippen LogP contribution in [0.5, 0.6) is 0 Å². The van der Waals surface area contributed by atoms with Crippen LogP contribution in [0.1, 0.15) is 12.8 Å². The van der Waals surface area contributed by atoms with Gasteiger partial charge in [-0.3, -0.25) is 0 Å². The fraction of sp³-hybridized carbons (Fsp3) is 0.875. The minimum absolute atomic E-state index is 0.245. The van der Waals surface area contributed by atoms with Crippen LogP contribution in [0.3, 0.4) is 0 Å². The van der Waals surface area contributed by atoms with E-state index in [0.29, 0.717) is 13.0 Å². The van der Waals surface area contributed by atoms with Crippen molar-refractivity contribution in [2.75, 3.05) is 13.2 Å². The Morgan fingerprint density at radius 1 is 1.62 bits per heavy atom. The Labute approximate surface area is 75.3 Å². The summed E-state index contributed by atoms with van der Waals surface area (Å²) < 4.78 is 17.8. The molecule has 0 aromatic rings. The van der Waals surface area contributed by atoms with Crippen molar-refractivity contribution in [2.45, 2.75) is 25.1 Å². The van der Waals surface area contributed by atoms with Crippen LogP contribution in [0.4, 0.5) is 4.39 Å². The van der Waals surface area contributed by atoms with E-state index in [1.165, 1.54) is 0 Å². The molecule has 76 valence electrons. The molecule has 13 heavy (non-hydrogen) atoms. The highest BCUT2D eigenvalue weighted by Gasteiger charge is 2.33. The summed E-state index contributed by atoms with van der Waals surface area (Å²) in [7, 11) is 0. The second kappa shape index (κ2) is 4.53. The molecule has 0 saturated carbocycles. The Balaban J connectivity index is 2.44. The van der Waals surface area contributed by atoms with Crippen molar-refractivity contribution in [1.82, 2.24) is 0 Å². The van der Waals surface area contributed by atoms with Crippen LogP contribution >= 0.6 is 0 Å². The van der Waals surface area contributed by atoms with Crippen LogP contribution in [-0.2, 0) is 9.53 Å². The minimum Gasteiger partial charge on any atom is -0.479 e. The van der Waals surface area contributed by atoms with Gasteiger partial charge >= 0.3 is 5.97 Å². The Hall–Kier alpha value is -0.680. The van der Waals surface area contributed by atoms with E-state index in [9.17, 15) is 14.3 Å². The van der Waals surface area contributed by atoms with Crippen molar-refractivity contribution < 1.29 is 24.1 Å². The third kappa shape index (κ3) is 2.63. The van der Waals surface area contributed by atoms with Crippen LogP contribution in [-0.4, -0.2) is 41.7 Å². The number of aliphatic hydroxyl groups is 1. The summed E-state index contributed by atoms with van der Waals surface area (Å²) in [4.78, 5) is 10.2. The van der Waals surface area contributed by atoms with Crippen molar-refractivity contribution in [3.05, 3.63) is 0 Å². The number of carboxylic acids is 1. The fourth-order valence-corrected chi connectivity index (χ4v) is 1.42. The average Bonchev–Trinajstić information content (AvgIpc) is 2.17. The maximum Gasteiger partial charge on any atom is 0.341 e. The molecule has 0 aromatic carbocycles.